The second-order valence-corrected chi connectivity index (χ2v) is 9.47. The van der Waals surface area contributed by atoms with Crippen LogP contribution in [0.2, 0.25) is 0 Å². The van der Waals surface area contributed by atoms with E-state index in [0.29, 0.717) is 33.8 Å². The quantitative estimate of drug-likeness (QED) is 0.437. The molecule has 5 nitrogen and oxygen atoms in total. The Morgan fingerprint density at radius 3 is 1.72 bits per heavy atom. The van der Waals surface area contributed by atoms with E-state index in [2.05, 4.69) is 5.32 Å². The predicted octanol–water partition coefficient (Wildman–Crippen LogP) is 5.61. The minimum atomic E-state index is -0.603. The van der Waals surface area contributed by atoms with Gasteiger partial charge in [-0.25, -0.2) is 4.39 Å². The topological polar surface area (TPSA) is 64.6 Å². The van der Waals surface area contributed by atoms with Gasteiger partial charge >= 0.3 is 0 Å². The van der Waals surface area contributed by atoms with Crippen molar-refractivity contribution in [2.24, 2.45) is 11.8 Å². The van der Waals surface area contributed by atoms with Gasteiger partial charge in [-0.15, -0.1) is 0 Å². The maximum Gasteiger partial charge on any atom is 0.168 e. The standard InChI is InChI=1S/C30H32FNO4/c1-17-24(13-8-14-25(17)31)28-26(29(33)20-9-6-11-22(15-20)35-4)18(2)32-19(3)27(28)30(34)21-10-7-12-23(16-21)36-5/h6-16,18-19,26-28,32H,1-5H3/t18-,19+,26-,27+,28?. The lowest BCUT2D eigenvalue weighted by atomic mass is 9.63. The highest BCUT2D eigenvalue weighted by Crippen LogP contribution is 2.44. The molecule has 0 radical (unpaired) electrons. The van der Waals surface area contributed by atoms with Gasteiger partial charge in [0.05, 0.1) is 14.2 Å². The minimum Gasteiger partial charge on any atom is -0.497 e. The number of halogens is 1. The lowest BCUT2D eigenvalue weighted by Crippen LogP contribution is -2.58. The first-order valence-electron chi connectivity index (χ1n) is 12.1. The Hall–Kier alpha value is -3.51. The summed E-state index contributed by atoms with van der Waals surface area (Å²) in [6.45, 7) is 5.61. The monoisotopic (exact) mass is 489 g/mol. The first-order valence-corrected chi connectivity index (χ1v) is 12.1. The largest absolute Gasteiger partial charge is 0.497 e. The SMILES string of the molecule is COc1cccc(C(=O)[C@@H]2C(c3cccc(F)c3C)[C@H](C(=O)c3cccc(OC)c3)[C@@H](C)N[C@H]2C)c1. The van der Waals surface area contributed by atoms with Gasteiger partial charge in [-0.1, -0.05) is 36.4 Å². The molecule has 1 aliphatic rings. The molecule has 0 spiro atoms. The van der Waals surface area contributed by atoms with Crippen LogP contribution in [0, 0.1) is 24.6 Å². The van der Waals surface area contributed by atoms with Crippen LogP contribution in [0.4, 0.5) is 4.39 Å². The zero-order valence-corrected chi connectivity index (χ0v) is 21.2. The summed E-state index contributed by atoms with van der Waals surface area (Å²) in [4.78, 5) is 28.1. The van der Waals surface area contributed by atoms with Gasteiger partial charge in [-0.3, -0.25) is 9.59 Å². The van der Waals surface area contributed by atoms with Crippen molar-refractivity contribution < 1.29 is 23.5 Å². The van der Waals surface area contributed by atoms with Crippen LogP contribution in [0.1, 0.15) is 51.6 Å². The predicted molar refractivity (Wildman–Crippen MR) is 138 cm³/mol. The number of carbonyl (C=O) groups excluding carboxylic acids is 2. The van der Waals surface area contributed by atoms with Gasteiger partial charge in [-0.2, -0.15) is 0 Å². The molecule has 5 atom stereocenters. The molecule has 0 bridgehead atoms. The third-order valence-electron chi connectivity index (χ3n) is 7.36. The van der Waals surface area contributed by atoms with Crippen molar-refractivity contribution in [2.75, 3.05) is 14.2 Å². The van der Waals surface area contributed by atoms with E-state index < -0.39 is 17.8 Å². The molecule has 1 unspecified atom stereocenters. The molecular weight excluding hydrogens is 457 g/mol. The Morgan fingerprint density at radius 1 is 0.778 bits per heavy atom. The number of piperidine rings is 1. The summed E-state index contributed by atoms with van der Waals surface area (Å²) in [5.74, 6) is -1.17. The fourth-order valence-corrected chi connectivity index (χ4v) is 5.56. The molecule has 4 rings (SSSR count). The van der Waals surface area contributed by atoms with E-state index >= 15 is 0 Å². The van der Waals surface area contributed by atoms with Gasteiger partial charge in [0.25, 0.3) is 0 Å². The van der Waals surface area contributed by atoms with Crippen LogP contribution < -0.4 is 14.8 Å². The summed E-state index contributed by atoms with van der Waals surface area (Å²) in [6, 6.07) is 18.4. The number of Topliss-reactive ketones (excluding diaryl/α,β-unsaturated/α-hetero) is 2. The fraction of sp³-hybridized carbons (Fsp3) is 0.333. The Kier molecular flexibility index (Phi) is 7.55. The van der Waals surface area contributed by atoms with Crippen LogP contribution in [0.25, 0.3) is 0 Å². The maximum absolute atomic E-state index is 14.8. The Labute approximate surface area is 211 Å². The molecule has 3 aromatic rings. The highest BCUT2D eigenvalue weighted by Gasteiger charge is 2.49. The lowest BCUT2D eigenvalue weighted by Gasteiger charge is -2.46. The number of methoxy groups -OCH3 is 2. The zero-order valence-electron chi connectivity index (χ0n) is 21.2. The normalized spacial score (nSPS) is 23.7. The summed E-state index contributed by atoms with van der Waals surface area (Å²) in [6.07, 6.45) is 0. The fourth-order valence-electron chi connectivity index (χ4n) is 5.56. The Morgan fingerprint density at radius 2 is 1.25 bits per heavy atom. The van der Waals surface area contributed by atoms with Crippen LogP contribution in [0.15, 0.2) is 66.7 Å². The van der Waals surface area contributed by atoms with Crippen LogP contribution >= 0.6 is 0 Å². The molecule has 0 saturated carbocycles. The van der Waals surface area contributed by atoms with Crippen molar-refractivity contribution >= 4 is 11.6 Å². The molecule has 36 heavy (non-hydrogen) atoms. The maximum atomic E-state index is 14.8. The minimum absolute atomic E-state index is 0.113. The summed E-state index contributed by atoms with van der Waals surface area (Å²) < 4.78 is 25.5. The average Bonchev–Trinajstić information content (AvgIpc) is 2.89. The average molecular weight is 490 g/mol. The van der Waals surface area contributed by atoms with Crippen LogP contribution in [0.5, 0.6) is 11.5 Å². The first-order chi connectivity index (χ1) is 17.3. The van der Waals surface area contributed by atoms with Gasteiger partial charge in [0.15, 0.2) is 11.6 Å². The van der Waals surface area contributed by atoms with E-state index in [1.165, 1.54) is 6.07 Å². The van der Waals surface area contributed by atoms with E-state index in [-0.39, 0.29) is 29.5 Å². The van der Waals surface area contributed by atoms with Gasteiger partial charge in [0, 0.05) is 41.0 Å². The van der Waals surface area contributed by atoms with Gasteiger partial charge in [-0.05, 0) is 62.2 Å². The van der Waals surface area contributed by atoms with Crippen LogP contribution in [-0.2, 0) is 0 Å². The van der Waals surface area contributed by atoms with Gasteiger partial charge < -0.3 is 14.8 Å². The summed E-state index contributed by atoms with van der Waals surface area (Å²) in [7, 11) is 3.11. The molecule has 0 amide bonds. The van der Waals surface area contributed by atoms with Crippen molar-refractivity contribution in [3.63, 3.8) is 0 Å². The van der Waals surface area contributed by atoms with Crippen LogP contribution in [-0.4, -0.2) is 37.9 Å². The van der Waals surface area contributed by atoms with Gasteiger partial charge in [0.1, 0.15) is 17.3 Å². The number of benzene rings is 3. The highest BCUT2D eigenvalue weighted by molar-refractivity contribution is 6.03. The van der Waals surface area contributed by atoms with E-state index in [4.69, 9.17) is 9.47 Å². The van der Waals surface area contributed by atoms with E-state index in [1.54, 1.807) is 75.7 Å². The number of hydrogen-bond acceptors (Lipinski definition) is 5. The summed E-state index contributed by atoms with van der Waals surface area (Å²) >= 11 is 0. The summed E-state index contributed by atoms with van der Waals surface area (Å²) in [5, 5.41) is 3.47. The number of hydrogen-bond donors (Lipinski definition) is 1. The van der Waals surface area contributed by atoms with Crippen molar-refractivity contribution in [2.45, 2.75) is 38.8 Å². The van der Waals surface area contributed by atoms with Gasteiger partial charge in [0.2, 0.25) is 0 Å². The second kappa shape index (κ2) is 10.6. The number of nitrogens with one attached hydrogen (secondary N) is 1. The number of ether oxygens (including phenoxy) is 2. The zero-order chi connectivity index (χ0) is 26.0. The van der Waals surface area contributed by atoms with E-state index in [1.807, 2.05) is 19.9 Å². The third kappa shape index (κ3) is 4.78. The number of rotatable bonds is 7. The molecule has 1 saturated heterocycles. The molecule has 1 aliphatic heterocycles. The third-order valence-corrected chi connectivity index (χ3v) is 7.36. The molecule has 0 aliphatic carbocycles. The van der Waals surface area contributed by atoms with Crippen molar-refractivity contribution in [3.8, 4) is 11.5 Å². The number of carbonyl (C=O) groups is 2. The van der Waals surface area contributed by atoms with Crippen molar-refractivity contribution in [1.82, 2.24) is 5.32 Å². The van der Waals surface area contributed by atoms with E-state index in [9.17, 15) is 14.0 Å². The molecule has 3 aromatic carbocycles. The molecule has 188 valence electrons. The van der Waals surface area contributed by atoms with Crippen molar-refractivity contribution in [1.29, 1.82) is 0 Å². The molecule has 1 fully saturated rings. The smallest absolute Gasteiger partial charge is 0.168 e. The number of ketones is 2. The second-order valence-electron chi connectivity index (χ2n) is 9.47. The molecule has 0 aromatic heterocycles. The molecular formula is C30H32FNO4. The molecule has 1 heterocycles. The van der Waals surface area contributed by atoms with Crippen molar-refractivity contribution in [3.05, 3.63) is 94.8 Å². The molecule has 6 heteroatoms. The van der Waals surface area contributed by atoms with Crippen LogP contribution in [0.3, 0.4) is 0 Å². The Balaban J connectivity index is 1.88. The van der Waals surface area contributed by atoms with E-state index in [0.717, 1.165) is 0 Å². The lowest BCUT2D eigenvalue weighted by molar-refractivity contribution is 0.0647. The highest BCUT2D eigenvalue weighted by atomic mass is 19.1. The molecule has 1 N–H and O–H groups in total. The Bertz CT molecular complexity index is 1200. The first kappa shape index (κ1) is 25.6. The summed E-state index contributed by atoms with van der Waals surface area (Å²) in [5.41, 5.74) is 2.12.